The standard InChI is InChI=1S/C10H21O2/c1-8(2)6-7-12-9(3)10(4,5)11/h8-9H,6-7H2,1-5H3. The number of hydrogen-bond acceptors (Lipinski definition) is 1. The second-order valence-electron chi connectivity index (χ2n) is 4.30. The summed E-state index contributed by atoms with van der Waals surface area (Å²) in [6.07, 6.45) is 0.830. The molecule has 0 spiro atoms. The molecule has 0 saturated heterocycles. The van der Waals surface area contributed by atoms with Crippen molar-refractivity contribution in [3.63, 3.8) is 0 Å². The van der Waals surface area contributed by atoms with Gasteiger partial charge < -0.3 is 4.74 Å². The average molecular weight is 173 g/mol. The van der Waals surface area contributed by atoms with Gasteiger partial charge in [0.15, 0.2) is 0 Å². The Hall–Kier alpha value is -0.0800. The highest BCUT2D eigenvalue weighted by atomic mass is 16.5. The van der Waals surface area contributed by atoms with E-state index in [0.717, 1.165) is 6.42 Å². The van der Waals surface area contributed by atoms with Crippen molar-refractivity contribution < 1.29 is 9.84 Å². The molecule has 73 valence electrons. The molecule has 12 heavy (non-hydrogen) atoms. The van der Waals surface area contributed by atoms with Crippen LogP contribution in [0.25, 0.3) is 0 Å². The first-order chi connectivity index (χ1) is 5.34. The monoisotopic (exact) mass is 173 g/mol. The van der Waals surface area contributed by atoms with E-state index >= 15 is 0 Å². The summed E-state index contributed by atoms with van der Waals surface area (Å²) in [5.41, 5.74) is -0.975. The SMILES string of the molecule is CC(C)CCOC(C)C(C)(C)[O]. The molecule has 0 aliphatic carbocycles. The molecular formula is C10H21O2. The van der Waals surface area contributed by atoms with Crippen molar-refractivity contribution in [3.8, 4) is 0 Å². The first-order valence-corrected chi connectivity index (χ1v) is 4.66. The zero-order valence-corrected chi connectivity index (χ0v) is 8.89. The van der Waals surface area contributed by atoms with Crippen molar-refractivity contribution in [1.29, 1.82) is 0 Å². The van der Waals surface area contributed by atoms with Crippen LogP contribution in [0.4, 0.5) is 0 Å². The fourth-order valence-electron chi connectivity index (χ4n) is 0.681. The number of ether oxygens (including phenoxy) is 1. The van der Waals surface area contributed by atoms with Crippen LogP contribution in [0.1, 0.15) is 41.0 Å². The molecule has 0 bridgehead atoms. The molecule has 0 rings (SSSR count). The van der Waals surface area contributed by atoms with Crippen molar-refractivity contribution in [2.45, 2.75) is 52.7 Å². The average Bonchev–Trinajstić information content (AvgIpc) is 1.84. The molecule has 0 aliphatic rings. The summed E-state index contributed by atoms with van der Waals surface area (Å²) in [5.74, 6) is 0.645. The molecule has 0 N–H and O–H groups in total. The van der Waals surface area contributed by atoms with Gasteiger partial charge in [0, 0.05) is 6.61 Å². The smallest absolute Gasteiger partial charge is 0.124 e. The molecule has 0 fully saturated rings. The molecule has 2 nitrogen and oxygen atoms in total. The molecule has 0 amide bonds. The maximum absolute atomic E-state index is 11.4. The Labute approximate surface area is 75.9 Å². The molecule has 0 aromatic carbocycles. The predicted octanol–water partition coefficient (Wildman–Crippen LogP) is 2.65. The van der Waals surface area contributed by atoms with Gasteiger partial charge >= 0.3 is 0 Å². The molecule has 0 aliphatic heterocycles. The number of rotatable bonds is 5. The minimum atomic E-state index is -0.975. The Kier molecular flexibility index (Phi) is 4.80. The minimum absolute atomic E-state index is 0.198. The lowest BCUT2D eigenvalue weighted by Crippen LogP contribution is -2.34. The molecular weight excluding hydrogens is 152 g/mol. The van der Waals surface area contributed by atoms with Crippen LogP contribution in [0, 0.1) is 5.92 Å². The van der Waals surface area contributed by atoms with Gasteiger partial charge in [0.25, 0.3) is 0 Å². The highest BCUT2D eigenvalue weighted by Crippen LogP contribution is 2.13. The summed E-state index contributed by atoms with van der Waals surface area (Å²) in [5, 5.41) is 11.4. The van der Waals surface area contributed by atoms with Crippen molar-refractivity contribution >= 4 is 0 Å². The largest absolute Gasteiger partial charge is 0.375 e. The third kappa shape index (κ3) is 5.56. The van der Waals surface area contributed by atoms with E-state index in [1.807, 2.05) is 6.92 Å². The van der Waals surface area contributed by atoms with Gasteiger partial charge in [-0.05, 0) is 33.1 Å². The van der Waals surface area contributed by atoms with Crippen LogP contribution in [0.2, 0.25) is 0 Å². The van der Waals surface area contributed by atoms with Crippen molar-refractivity contribution in [2.24, 2.45) is 5.92 Å². The summed E-state index contributed by atoms with van der Waals surface area (Å²) >= 11 is 0. The molecule has 2 heteroatoms. The summed E-state index contributed by atoms with van der Waals surface area (Å²) in [6.45, 7) is 10.2. The molecule has 0 heterocycles. The van der Waals surface area contributed by atoms with E-state index in [9.17, 15) is 5.11 Å². The normalized spacial score (nSPS) is 15.2. The second kappa shape index (κ2) is 4.83. The highest BCUT2D eigenvalue weighted by Gasteiger charge is 2.24. The Morgan fingerprint density at radius 2 is 1.75 bits per heavy atom. The number of hydrogen-bond donors (Lipinski definition) is 0. The van der Waals surface area contributed by atoms with Gasteiger partial charge in [0.05, 0.1) is 6.10 Å². The summed E-state index contributed by atoms with van der Waals surface area (Å²) in [6, 6.07) is 0. The second-order valence-corrected chi connectivity index (χ2v) is 4.30. The van der Waals surface area contributed by atoms with E-state index < -0.39 is 5.60 Å². The summed E-state index contributed by atoms with van der Waals surface area (Å²) in [7, 11) is 0. The van der Waals surface area contributed by atoms with Gasteiger partial charge in [-0.15, -0.1) is 0 Å². The van der Waals surface area contributed by atoms with E-state index in [1.54, 1.807) is 13.8 Å². The Morgan fingerprint density at radius 1 is 1.25 bits per heavy atom. The van der Waals surface area contributed by atoms with E-state index in [4.69, 9.17) is 4.74 Å². The lowest BCUT2D eigenvalue weighted by atomic mass is 10.0. The van der Waals surface area contributed by atoms with E-state index in [1.165, 1.54) is 0 Å². The molecule has 1 atom stereocenters. The van der Waals surface area contributed by atoms with Gasteiger partial charge in [-0.3, -0.25) is 0 Å². The van der Waals surface area contributed by atoms with E-state index in [0.29, 0.717) is 12.5 Å². The maximum atomic E-state index is 11.4. The molecule has 0 aromatic rings. The lowest BCUT2D eigenvalue weighted by molar-refractivity contribution is -0.116. The van der Waals surface area contributed by atoms with Crippen molar-refractivity contribution in [3.05, 3.63) is 0 Å². The third-order valence-electron chi connectivity index (χ3n) is 2.04. The quantitative estimate of drug-likeness (QED) is 0.628. The van der Waals surface area contributed by atoms with Crippen LogP contribution < -0.4 is 0 Å². The first kappa shape index (κ1) is 11.9. The van der Waals surface area contributed by atoms with Crippen molar-refractivity contribution in [1.82, 2.24) is 0 Å². The molecule has 1 radical (unpaired) electrons. The van der Waals surface area contributed by atoms with Crippen LogP contribution in [0.5, 0.6) is 0 Å². The molecule has 0 saturated carbocycles. The van der Waals surface area contributed by atoms with Gasteiger partial charge in [-0.2, -0.15) is 0 Å². The van der Waals surface area contributed by atoms with Crippen LogP contribution in [0.15, 0.2) is 0 Å². The zero-order valence-electron chi connectivity index (χ0n) is 8.89. The van der Waals surface area contributed by atoms with E-state index in [2.05, 4.69) is 13.8 Å². The Bertz CT molecular complexity index is 113. The molecule has 0 aromatic heterocycles. The van der Waals surface area contributed by atoms with Gasteiger partial charge in [-0.25, -0.2) is 5.11 Å². The summed E-state index contributed by atoms with van der Waals surface area (Å²) < 4.78 is 5.40. The van der Waals surface area contributed by atoms with Crippen LogP contribution in [-0.4, -0.2) is 18.3 Å². The predicted molar refractivity (Wildman–Crippen MR) is 49.6 cm³/mol. The Morgan fingerprint density at radius 3 is 2.08 bits per heavy atom. The van der Waals surface area contributed by atoms with Gasteiger partial charge in [-0.1, -0.05) is 13.8 Å². The minimum Gasteiger partial charge on any atom is -0.375 e. The molecule has 1 unspecified atom stereocenters. The highest BCUT2D eigenvalue weighted by molar-refractivity contribution is 4.73. The van der Waals surface area contributed by atoms with Crippen LogP contribution in [-0.2, 0) is 9.84 Å². The van der Waals surface area contributed by atoms with Gasteiger partial charge in [0.1, 0.15) is 5.60 Å². The zero-order chi connectivity index (χ0) is 9.78. The fraction of sp³-hybridized carbons (Fsp3) is 1.00. The topological polar surface area (TPSA) is 29.1 Å². The third-order valence-corrected chi connectivity index (χ3v) is 2.04. The first-order valence-electron chi connectivity index (χ1n) is 4.66. The van der Waals surface area contributed by atoms with E-state index in [-0.39, 0.29) is 6.10 Å². The van der Waals surface area contributed by atoms with Gasteiger partial charge in [0.2, 0.25) is 0 Å². The van der Waals surface area contributed by atoms with Crippen molar-refractivity contribution in [2.75, 3.05) is 6.61 Å². The lowest BCUT2D eigenvalue weighted by Gasteiger charge is -2.23. The Balaban J connectivity index is 3.51. The summed E-state index contributed by atoms with van der Waals surface area (Å²) in [4.78, 5) is 0. The maximum Gasteiger partial charge on any atom is 0.124 e. The fourth-order valence-corrected chi connectivity index (χ4v) is 0.681. The van der Waals surface area contributed by atoms with Crippen LogP contribution >= 0.6 is 0 Å². The van der Waals surface area contributed by atoms with Crippen LogP contribution in [0.3, 0.4) is 0 Å².